The summed E-state index contributed by atoms with van der Waals surface area (Å²) in [6, 6.07) is 24.0. The number of carbonyl (C=O) groups is 2. The molecule has 0 radical (unpaired) electrons. The van der Waals surface area contributed by atoms with E-state index in [4.69, 9.17) is 14.2 Å². The number of esters is 1. The van der Waals surface area contributed by atoms with Gasteiger partial charge in [0, 0.05) is 5.92 Å². The van der Waals surface area contributed by atoms with E-state index in [1.54, 1.807) is 19.1 Å². The van der Waals surface area contributed by atoms with E-state index in [2.05, 4.69) is 0 Å². The Morgan fingerprint density at radius 3 is 2.20 bits per heavy atom. The standard InChI is InChI=1S/C28H29NO6/c1-2-33-26(30)19-34-25-15-9-14-24-23(25)17-16-20(27(24)31)18-35-28(32)29(21-10-5-3-6-11-21)22-12-7-4-8-13-22/h3-15,20,27,31H,2,16-19H2,1H3. The smallest absolute Gasteiger partial charge is 0.418 e. The van der Waals surface area contributed by atoms with E-state index in [0.29, 0.717) is 36.6 Å². The Kier molecular flexibility index (Phi) is 8.00. The Bertz CT molecular complexity index is 1100. The molecule has 0 saturated carbocycles. The van der Waals surface area contributed by atoms with Gasteiger partial charge in [-0.05, 0) is 61.2 Å². The molecule has 0 spiro atoms. The van der Waals surface area contributed by atoms with E-state index in [-0.39, 0.29) is 19.1 Å². The number of aliphatic hydroxyl groups is 1. The molecule has 1 aliphatic rings. The van der Waals surface area contributed by atoms with E-state index >= 15 is 0 Å². The molecule has 1 amide bonds. The summed E-state index contributed by atoms with van der Waals surface area (Å²) in [6.45, 7) is 1.92. The first-order valence-corrected chi connectivity index (χ1v) is 11.7. The minimum Gasteiger partial charge on any atom is -0.482 e. The third-order valence-corrected chi connectivity index (χ3v) is 5.98. The van der Waals surface area contributed by atoms with E-state index in [0.717, 1.165) is 11.1 Å². The molecule has 4 rings (SSSR count). The van der Waals surface area contributed by atoms with E-state index in [1.165, 1.54) is 4.90 Å². The van der Waals surface area contributed by atoms with Crippen molar-refractivity contribution in [2.24, 2.45) is 5.92 Å². The molecule has 1 N–H and O–H groups in total. The van der Waals surface area contributed by atoms with Gasteiger partial charge in [0.25, 0.3) is 0 Å². The fraction of sp³-hybridized carbons (Fsp3) is 0.286. The molecular weight excluding hydrogens is 446 g/mol. The molecule has 0 heterocycles. The fourth-order valence-electron chi connectivity index (χ4n) is 4.27. The van der Waals surface area contributed by atoms with E-state index in [9.17, 15) is 14.7 Å². The Morgan fingerprint density at radius 2 is 1.57 bits per heavy atom. The van der Waals surface area contributed by atoms with Crippen LogP contribution in [0.15, 0.2) is 78.9 Å². The van der Waals surface area contributed by atoms with Crippen LogP contribution in [0.3, 0.4) is 0 Å². The van der Waals surface area contributed by atoms with Crippen molar-refractivity contribution in [3.05, 3.63) is 90.0 Å². The lowest BCUT2D eigenvalue weighted by Crippen LogP contribution is -2.31. The number of rotatable bonds is 8. The maximum absolute atomic E-state index is 13.2. The summed E-state index contributed by atoms with van der Waals surface area (Å²) in [7, 11) is 0. The van der Waals surface area contributed by atoms with Gasteiger partial charge < -0.3 is 19.3 Å². The zero-order valence-electron chi connectivity index (χ0n) is 19.6. The van der Waals surface area contributed by atoms with Crippen molar-refractivity contribution >= 4 is 23.4 Å². The van der Waals surface area contributed by atoms with Crippen LogP contribution in [0.1, 0.15) is 30.6 Å². The number of aliphatic hydroxyl groups excluding tert-OH is 1. The van der Waals surface area contributed by atoms with Crippen molar-refractivity contribution in [1.29, 1.82) is 0 Å². The van der Waals surface area contributed by atoms with Crippen molar-refractivity contribution in [1.82, 2.24) is 0 Å². The third kappa shape index (κ3) is 5.81. The van der Waals surface area contributed by atoms with Crippen LogP contribution in [0, 0.1) is 5.92 Å². The van der Waals surface area contributed by atoms with Gasteiger partial charge in [0.2, 0.25) is 0 Å². The molecule has 3 aromatic rings. The number of hydrogen-bond acceptors (Lipinski definition) is 6. The van der Waals surface area contributed by atoms with Crippen LogP contribution in [-0.2, 0) is 20.7 Å². The number of hydrogen-bond donors (Lipinski definition) is 1. The average Bonchev–Trinajstić information content (AvgIpc) is 2.89. The lowest BCUT2D eigenvalue weighted by atomic mass is 9.81. The van der Waals surface area contributed by atoms with Crippen molar-refractivity contribution in [3.63, 3.8) is 0 Å². The number of nitrogens with zero attached hydrogens (tertiary/aromatic N) is 1. The first kappa shape index (κ1) is 24.3. The molecule has 2 unspecified atom stereocenters. The molecule has 1 aliphatic carbocycles. The summed E-state index contributed by atoms with van der Waals surface area (Å²) < 4.78 is 16.3. The molecule has 7 nitrogen and oxygen atoms in total. The normalized spacial score (nSPS) is 16.6. The van der Waals surface area contributed by atoms with Crippen LogP contribution in [0.2, 0.25) is 0 Å². The van der Waals surface area contributed by atoms with Crippen LogP contribution < -0.4 is 9.64 Å². The van der Waals surface area contributed by atoms with E-state index in [1.807, 2.05) is 66.7 Å². The largest absolute Gasteiger partial charge is 0.482 e. The van der Waals surface area contributed by atoms with Gasteiger partial charge in [-0.3, -0.25) is 0 Å². The lowest BCUT2D eigenvalue weighted by Gasteiger charge is -2.31. The molecule has 7 heteroatoms. The lowest BCUT2D eigenvalue weighted by molar-refractivity contribution is -0.145. The summed E-state index contributed by atoms with van der Waals surface area (Å²) in [5, 5.41) is 11.0. The Morgan fingerprint density at radius 1 is 0.914 bits per heavy atom. The SMILES string of the molecule is CCOC(=O)COc1cccc2c1CCC(COC(=O)N(c1ccccc1)c1ccccc1)C2O. The fourth-order valence-corrected chi connectivity index (χ4v) is 4.27. The summed E-state index contributed by atoms with van der Waals surface area (Å²) in [5.74, 6) is -0.142. The van der Waals surface area contributed by atoms with Gasteiger partial charge in [0.15, 0.2) is 6.61 Å². The van der Waals surface area contributed by atoms with Gasteiger partial charge in [0.1, 0.15) is 5.75 Å². The van der Waals surface area contributed by atoms with Crippen LogP contribution >= 0.6 is 0 Å². The third-order valence-electron chi connectivity index (χ3n) is 5.98. The van der Waals surface area contributed by atoms with E-state index < -0.39 is 18.2 Å². The van der Waals surface area contributed by atoms with Gasteiger partial charge in [-0.15, -0.1) is 0 Å². The van der Waals surface area contributed by atoms with Gasteiger partial charge >= 0.3 is 12.1 Å². The molecule has 0 bridgehead atoms. The van der Waals surface area contributed by atoms with Crippen LogP contribution in [0.4, 0.5) is 16.2 Å². The molecule has 2 atom stereocenters. The predicted molar refractivity (Wildman–Crippen MR) is 132 cm³/mol. The second kappa shape index (κ2) is 11.5. The topological polar surface area (TPSA) is 85.3 Å². The Hall–Kier alpha value is -3.84. The summed E-state index contributed by atoms with van der Waals surface area (Å²) in [6.07, 6.45) is -0.0847. The van der Waals surface area contributed by atoms with Crippen molar-refractivity contribution in [2.45, 2.75) is 25.9 Å². The maximum atomic E-state index is 13.2. The quantitative estimate of drug-likeness (QED) is 0.451. The number of benzene rings is 3. The number of fused-ring (bicyclic) bond motifs is 1. The molecule has 3 aromatic carbocycles. The van der Waals surface area contributed by atoms with Gasteiger partial charge in [-0.25, -0.2) is 14.5 Å². The summed E-state index contributed by atoms with van der Waals surface area (Å²) >= 11 is 0. The highest BCUT2D eigenvalue weighted by Crippen LogP contribution is 2.39. The monoisotopic (exact) mass is 475 g/mol. The number of amides is 1. The minimum absolute atomic E-state index is 0.0729. The Balaban J connectivity index is 1.44. The van der Waals surface area contributed by atoms with Gasteiger partial charge in [-0.2, -0.15) is 0 Å². The average molecular weight is 476 g/mol. The zero-order valence-corrected chi connectivity index (χ0v) is 19.6. The molecule has 0 saturated heterocycles. The number of carbonyl (C=O) groups excluding carboxylic acids is 2. The van der Waals surface area contributed by atoms with Crippen LogP contribution in [0.5, 0.6) is 5.75 Å². The number of para-hydroxylation sites is 2. The molecule has 35 heavy (non-hydrogen) atoms. The maximum Gasteiger partial charge on any atom is 0.418 e. The highest BCUT2D eigenvalue weighted by molar-refractivity contribution is 5.95. The second-order valence-electron chi connectivity index (χ2n) is 8.24. The zero-order chi connectivity index (χ0) is 24.6. The summed E-state index contributed by atoms with van der Waals surface area (Å²) in [4.78, 5) is 26.3. The highest BCUT2D eigenvalue weighted by Gasteiger charge is 2.32. The molecule has 0 aliphatic heterocycles. The van der Waals surface area contributed by atoms with Crippen molar-refractivity contribution in [2.75, 3.05) is 24.7 Å². The van der Waals surface area contributed by atoms with Crippen molar-refractivity contribution in [3.8, 4) is 5.75 Å². The summed E-state index contributed by atoms with van der Waals surface area (Å²) in [5.41, 5.74) is 2.98. The molecular formula is C28H29NO6. The Labute approximate surface area is 204 Å². The number of anilines is 2. The van der Waals surface area contributed by atoms with Gasteiger partial charge in [-0.1, -0.05) is 48.5 Å². The van der Waals surface area contributed by atoms with Crippen LogP contribution in [0.25, 0.3) is 0 Å². The molecule has 182 valence electrons. The highest BCUT2D eigenvalue weighted by atomic mass is 16.6. The predicted octanol–water partition coefficient (Wildman–Crippen LogP) is 5.20. The van der Waals surface area contributed by atoms with Crippen LogP contribution in [-0.4, -0.2) is 37.0 Å². The number of ether oxygens (including phenoxy) is 3. The molecule has 0 aromatic heterocycles. The minimum atomic E-state index is -0.820. The second-order valence-corrected chi connectivity index (χ2v) is 8.24. The first-order chi connectivity index (χ1) is 17.1. The first-order valence-electron chi connectivity index (χ1n) is 11.7. The van der Waals surface area contributed by atoms with Crippen molar-refractivity contribution < 1.29 is 28.9 Å². The molecule has 0 fully saturated rings. The van der Waals surface area contributed by atoms with Gasteiger partial charge in [0.05, 0.1) is 30.7 Å².